The third-order valence-electron chi connectivity index (χ3n) is 6.53. The first-order valence-corrected chi connectivity index (χ1v) is 13.7. The molecule has 192 valence electrons. The van der Waals surface area contributed by atoms with Crippen LogP contribution in [0.15, 0.2) is 71.0 Å². The number of benzene rings is 2. The molecule has 3 aromatic heterocycles. The van der Waals surface area contributed by atoms with Gasteiger partial charge in [-0.15, -0.1) is 11.3 Å². The van der Waals surface area contributed by atoms with Crippen molar-refractivity contribution >= 4 is 62.8 Å². The highest BCUT2D eigenvalue weighted by Crippen LogP contribution is 2.32. The molecule has 0 aliphatic carbocycles. The molecule has 5 aromatic rings. The van der Waals surface area contributed by atoms with E-state index in [9.17, 15) is 4.79 Å². The van der Waals surface area contributed by atoms with Crippen LogP contribution in [-0.4, -0.2) is 57.9 Å². The molecule has 0 saturated carbocycles. The van der Waals surface area contributed by atoms with Crippen LogP contribution in [0.3, 0.4) is 0 Å². The van der Waals surface area contributed by atoms with E-state index in [2.05, 4.69) is 44.4 Å². The normalized spacial score (nSPS) is 14.2. The number of piperazine rings is 1. The van der Waals surface area contributed by atoms with Gasteiger partial charge in [-0.3, -0.25) is 4.79 Å². The number of hydrogen-bond acceptors (Lipinski definition) is 8. The first-order valence-electron chi connectivity index (χ1n) is 12.1. The summed E-state index contributed by atoms with van der Waals surface area (Å²) in [7, 11) is 2.15. The lowest BCUT2D eigenvalue weighted by atomic mass is 10.2. The largest absolute Gasteiger partial charge is 0.369 e. The van der Waals surface area contributed by atoms with Crippen molar-refractivity contribution in [2.24, 2.45) is 0 Å². The molecule has 0 amide bonds. The molecule has 8 nitrogen and oxygen atoms in total. The lowest BCUT2D eigenvalue weighted by Gasteiger charge is -2.34. The van der Waals surface area contributed by atoms with E-state index in [1.807, 2.05) is 29.6 Å². The summed E-state index contributed by atoms with van der Waals surface area (Å²) < 4.78 is 1.23. The third-order valence-corrected chi connectivity index (χ3v) is 8.02. The van der Waals surface area contributed by atoms with Crippen molar-refractivity contribution in [3.63, 3.8) is 0 Å². The Bertz CT molecular complexity index is 1640. The number of fused-ring (bicyclic) bond motifs is 1. The Hall–Kier alpha value is -3.50. The van der Waals surface area contributed by atoms with Gasteiger partial charge < -0.3 is 15.1 Å². The van der Waals surface area contributed by atoms with Gasteiger partial charge in [-0.25, -0.2) is 9.97 Å². The number of nitrogens with zero attached hydrogens (tertiary/aromatic N) is 6. The second-order valence-electron chi connectivity index (χ2n) is 9.03. The van der Waals surface area contributed by atoms with Crippen LogP contribution in [0.5, 0.6) is 0 Å². The fourth-order valence-corrected chi connectivity index (χ4v) is 5.73. The van der Waals surface area contributed by atoms with Crippen LogP contribution in [0.25, 0.3) is 27.2 Å². The van der Waals surface area contributed by atoms with E-state index in [1.54, 1.807) is 18.2 Å². The van der Waals surface area contributed by atoms with E-state index < -0.39 is 5.56 Å². The van der Waals surface area contributed by atoms with Gasteiger partial charge in [-0.1, -0.05) is 35.3 Å². The van der Waals surface area contributed by atoms with Gasteiger partial charge in [-0.2, -0.15) is 9.78 Å². The van der Waals surface area contributed by atoms with Gasteiger partial charge in [-0.05, 0) is 54.9 Å². The van der Waals surface area contributed by atoms with Gasteiger partial charge in [0, 0.05) is 43.8 Å². The fourth-order valence-electron chi connectivity index (χ4n) is 4.46. The maximum atomic E-state index is 13.5. The van der Waals surface area contributed by atoms with E-state index in [0.29, 0.717) is 38.3 Å². The van der Waals surface area contributed by atoms with Gasteiger partial charge in [0.15, 0.2) is 0 Å². The van der Waals surface area contributed by atoms with Crippen LogP contribution < -0.4 is 15.8 Å². The Morgan fingerprint density at radius 3 is 2.37 bits per heavy atom. The first kappa shape index (κ1) is 24.8. The Labute approximate surface area is 233 Å². The zero-order chi connectivity index (χ0) is 26.2. The Morgan fingerprint density at radius 2 is 1.68 bits per heavy atom. The van der Waals surface area contributed by atoms with Crippen molar-refractivity contribution in [3.8, 4) is 16.3 Å². The summed E-state index contributed by atoms with van der Waals surface area (Å²) in [6, 6.07) is 17.1. The molecule has 1 saturated heterocycles. The average Bonchev–Trinajstić information content (AvgIpc) is 3.46. The minimum Gasteiger partial charge on any atom is -0.369 e. The number of thiophene rings is 1. The summed E-state index contributed by atoms with van der Waals surface area (Å²) in [5.41, 5.74) is 2.95. The molecule has 1 N–H and O–H groups in total. The number of halogens is 2. The molecule has 11 heteroatoms. The summed E-state index contributed by atoms with van der Waals surface area (Å²) in [6.07, 6.45) is 1.52. The minimum atomic E-state index is -0.404. The van der Waals surface area contributed by atoms with Crippen LogP contribution in [-0.2, 0) is 0 Å². The maximum Gasteiger partial charge on any atom is 0.282 e. The number of nitrogens with one attached hydrogen (secondary N) is 1. The number of para-hydroxylation sites is 1. The Kier molecular flexibility index (Phi) is 6.75. The number of aromatic nitrogens is 4. The van der Waals surface area contributed by atoms with Gasteiger partial charge >= 0.3 is 0 Å². The zero-order valence-electron chi connectivity index (χ0n) is 20.4. The summed E-state index contributed by atoms with van der Waals surface area (Å²) in [6.45, 7) is 4.12. The summed E-state index contributed by atoms with van der Waals surface area (Å²) in [5, 5.41) is 10.8. The molecule has 0 radical (unpaired) electrons. The predicted octanol–water partition coefficient (Wildman–Crippen LogP) is 5.71. The highest BCUT2D eigenvalue weighted by Gasteiger charge is 2.20. The maximum absolute atomic E-state index is 13.5. The van der Waals surface area contributed by atoms with Crippen molar-refractivity contribution < 1.29 is 0 Å². The SMILES string of the molecule is CN1CCN(c2ccc(Nc3ncc4c(=O)n(-c5c(Cl)cccc5Cl)nc(-c5cccs5)c4n3)cc2)CC1. The van der Waals surface area contributed by atoms with E-state index in [-0.39, 0.29) is 0 Å². The molecule has 4 heterocycles. The second kappa shape index (κ2) is 10.3. The summed E-state index contributed by atoms with van der Waals surface area (Å²) in [4.78, 5) is 28.2. The summed E-state index contributed by atoms with van der Waals surface area (Å²) >= 11 is 14.3. The van der Waals surface area contributed by atoms with Crippen molar-refractivity contribution in [3.05, 3.63) is 86.6 Å². The van der Waals surface area contributed by atoms with Crippen LogP contribution in [0.2, 0.25) is 10.0 Å². The summed E-state index contributed by atoms with van der Waals surface area (Å²) in [5.74, 6) is 0.373. The van der Waals surface area contributed by atoms with Crippen LogP contribution in [0.1, 0.15) is 0 Å². The minimum absolute atomic E-state index is 0.315. The van der Waals surface area contributed by atoms with Crippen molar-refractivity contribution in [1.29, 1.82) is 0 Å². The average molecular weight is 565 g/mol. The number of hydrogen-bond donors (Lipinski definition) is 1. The quantitative estimate of drug-likeness (QED) is 0.293. The van der Waals surface area contributed by atoms with Crippen LogP contribution in [0.4, 0.5) is 17.3 Å². The van der Waals surface area contributed by atoms with Crippen molar-refractivity contribution in [1.82, 2.24) is 24.6 Å². The topological polar surface area (TPSA) is 79.2 Å². The highest BCUT2D eigenvalue weighted by molar-refractivity contribution is 7.13. The third kappa shape index (κ3) is 4.74. The Balaban J connectivity index is 1.38. The standard InChI is InChI=1S/C27H23Cl2N7OS/c1-34-11-13-35(14-12-34)18-9-7-17(8-10-18)31-27-30-16-19-23(32-27)24(22-6-3-15-38-22)33-36(26(19)37)25-20(28)4-2-5-21(25)29/h2-10,15-16H,11-14H2,1H3,(H,30,31,32). The molecule has 0 bridgehead atoms. The molecular weight excluding hydrogens is 541 g/mol. The van der Waals surface area contributed by atoms with Crippen molar-refractivity contribution in [2.45, 2.75) is 0 Å². The molecule has 38 heavy (non-hydrogen) atoms. The van der Waals surface area contributed by atoms with Crippen LogP contribution in [0, 0.1) is 0 Å². The molecular formula is C27H23Cl2N7OS. The predicted molar refractivity (Wildman–Crippen MR) is 156 cm³/mol. The van der Waals surface area contributed by atoms with Gasteiger partial charge in [0.2, 0.25) is 5.95 Å². The molecule has 1 aliphatic rings. The molecule has 1 fully saturated rings. The van der Waals surface area contributed by atoms with E-state index >= 15 is 0 Å². The van der Waals surface area contributed by atoms with Gasteiger partial charge in [0.25, 0.3) is 5.56 Å². The highest BCUT2D eigenvalue weighted by atomic mass is 35.5. The number of likely N-dealkylation sites (N-methyl/N-ethyl adjacent to an activating group) is 1. The lowest BCUT2D eigenvalue weighted by molar-refractivity contribution is 0.313. The van der Waals surface area contributed by atoms with Gasteiger partial charge in [0.05, 0.1) is 20.3 Å². The molecule has 0 spiro atoms. The van der Waals surface area contributed by atoms with Gasteiger partial charge in [0.1, 0.15) is 16.9 Å². The van der Waals surface area contributed by atoms with E-state index in [0.717, 1.165) is 36.7 Å². The van der Waals surface area contributed by atoms with Crippen LogP contribution >= 0.6 is 34.5 Å². The monoisotopic (exact) mass is 563 g/mol. The smallest absolute Gasteiger partial charge is 0.282 e. The molecule has 0 atom stereocenters. The molecule has 1 aliphatic heterocycles. The molecule has 6 rings (SSSR count). The molecule has 0 unspecified atom stereocenters. The van der Waals surface area contributed by atoms with Crippen molar-refractivity contribution in [2.75, 3.05) is 43.4 Å². The first-order chi connectivity index (χ1) is 18.5. The van der Waals surface area contributed by atoms with E-state index in [4.69, 9.17) is 28.2 Å². The van der Waals surface area contributed by atoms with E-state index in [1.165, 1.54) is 27.9 Å². The fraction of sp³-hybridized carbons (Fsp3) is 0.185. The zero-order valence-corrected chi connectivity index (χ0v) is 22.8. The Morgan fingerprint density at radius 1 is 0.947 bits per heavy atom. The number of rotatable bonds is 5. The number of anilines is 3. The lowest BCUT2D eigenvalue weighted by Crippen LogP contribution is -2.44. The second-order valence-corrected chi connectivity index (χ2v) is 10.8. The molecule has 2 aromatic carbocycles.